The fourth-order valence-corrected chi connectivity index (χ4v) is 5.24. The van der Waals surface area contributed by atoms with Crippen LogP contribution in [0.3, 0.4) is 0 Å². The zero-order valence-corrected chi connectivity index (χ0v) is 18.4. The summed E-state index contributed by atoms with van der Waals surface area (Å²) >= 11 is 0. The number of aryl methyl sites for hydroxylation is 1. The van der Waals surface area contributed by atoms with Crippen LogP contribution >= 0.6 is 0 Å². The average molecular weight is 453 g/mol. The molecular formula is C26H19N3O5. The van der Waals surface area contributed by atoms with Crippen molar-refractivity contribution in [2.75, 3.05) is 11.9 Å². The summed E-state index contributed by atoms with van der Waals surface area (Å²) in [6.07, 6.45) is 0. The number of fused-ring (bicyclic) bond motifs is 5. The molecule has 1 aromatic heterocycles. The molecule has 3 heterocycles. The maximum absolute atomic E-state index is 14.1. The third-order valence-corrected chi connectivity index (χ3v) is 6.52. The smallest absolute Gasteiger partial charge is 0.337 e. The zero-order valence-electron chi connectivity index (χ0n) is 18.4. The number of amides is 1. The van der Waals surface area contributed by atoms with E-state index in [1.54, 1.807) is 44.2 Å². The van der Waals surface area contributed by atoms with Gasteiger partial charge in [-0.3, -0.25) is 9.59 Å². The fraction of sp³-hybridized carbons (Fsp3) is 0.154. The summed E-state index contributed by atoms with van der Waals surface area (Å²) in [5, 5.41) is 10.2. The van der Waals surface area contributed by atoms with E-state index in [-0.39, 0.29) is 29.4 Å². The summed E-state index contributed by atoms with van der Waals surface area (Å²) in [7, 11) is 0. The first-order valence-corrected chi connectivity index (χ1v) is 10.9. The average Bonchev–Trinajstić information content (AvgIpc) is 3.46. The van der Waals surface area contributed by atoms with Crippen molar-refractivity contribution in [3.63, 3.8) is 0 Å². The minimum absolute atomic E-state index is 0.0493. The molecule has 1 atom stereocenters. The summed E-state index contributed by atoms with van der Waals surface area (Å²) in [4.78, 5) is 41.5. The van der Waals surface area contributed by atoms with Crippen molar-refractivity contribution in [1.29, 1.82) is 0 Å². The third-order valence-electron chi connectivity index (χ3n) is 6.52. The third kappa shape index (κ3) is 2.37. The molecule has 3 aliphatic rings. The molecule has 0 bridgehead atoms. The van der Waals surface area contributed by atoms with Crippen molar-refractivity contribution in [3.8, 4) is 0 Å². The molecular weight excluding hydrogens is 434 g/mol. The number of carbonyl (C=O) groups excluding carboxylic acids is 3. The van der Waals surface area contributed by atoms with Gasteiger partial charge in [0, 0.05) is 16.7 Å². The second-order valence-corrected chi connectivity index (χ2v) is 8.25. The Labute approximate surface area is 194 Å². The molecule has 34 heavy (non-hydrogen) atoms. The number of benzene rings is 2. The molecule has 3 aromatic rings. The predicted molar refractivity (Wildman–Crippen MR) is 122 cm³/mol. The molecule has 168 valence electrons. The second kappa shape index (κ2) is 7.02. The van der Waals surface area contributed by atoms with Crippen molar-refractivity contribution in [2.24, 2.45) is 0 Å². The van der Waals surface area contributed by atoms with E-state index in [1.807, 2.05) is 24.3 Å². The highest BCUT2D eigenvalue weighted by Crippen LogP contribution is 2.57. The lowest BCUT2D eigenvalue weighted by molar-refractivity contribution is -0.140. The first kappa shape index (κ1) is 20.2. The molecule has 2 aliphatic heterocycles. The summed E-state index contributed by atoms with van der Waals surface area (Å²) in [6.45, 7) is 3.45. The van der Waals surface area contributed by atoms with Crippen molar-refractivity contribution >= 4 is 34.9 Å². The number of ketones is 1. The Kier molecular flexibility index (Phi) is 4.16. The molecule has 1 spiro atoms. The maximum Gasteiger partial charge on any atom is 0.337 e. The largest absolute Gasteiger partial charge is 0.463 e. The molecule has 8 heteroatoms. The van der Waals surface area contributed by atoms with Gasteiger partial charge in [0.15, 0.2) is 11.6 Å². The van der Waals surface area contributed by atoms with Gasteiger partial charge in [-0.15, -0.1) is 0 Å². The fourth-order valence-electron chi connectivity index (χ4n) is 5.24. The van der Waals surface area contributed by atoms with E-state index in [4.69, 9.17) is 9.26 Å². The quantitative estimate of drug-likeness (QED) is 0.585. The normalized spacial score (nSPS) is 20.2. The van der Waals surface area contributed by atoms with E-state index in [1.165, 1.54) is 0 Å². The first-order valence-electron chi connectivity index (χ1n) is 10.9. The predicted octanol–water partition coefficient (Wildman–Crippen LogP) is 3.36. The molecule has 2 N–H and O–H groups in total. The lowest BCUT2D eigenvalue weighted by atomic mass is 9.66. The van der Waals surface area contributed by atoms with Crippen LogP contribution in [0.2, 0.25) is 0 Å². The van der Waals surface area contributed by atoms with Crippen molar-refractivity contribution in [2.45, 2.75) is 19.3 Å². The first-order chi connectivity index (χ1) is 16.5. The number of hydrogen-bond donors (Lipinski definition) is 2. The summed E-state index contributed by atoms with van der Waals surface area (Å²) in [6, 6.07) is 16.1. The molecule has 0 fully saturated rings. The van der Waals surface area contributed by atoms with Gasteiger partial charge in [-0.05, 0) is 19.4 Å². The molecule has 1 aliphatic carbocycles. The number of nitrogens with zero attached hydrogens (tertiary/aromatic N) is 1. The number of esters is 1. The van der Waals surface area contributed by atoms with Crippen LogP contribution in [0, 0.1) is 6.92 Å². The van der Waals surface area contributed by atoms with E-state index < -0.39 is 17.3 Å². The van der Waals surface area contributed by atoms with Gasteiger partial charge in [-0.1, -0.05) is 59.8 Å². The van der Waals surface area contributed by atoms with E-state index in [9.17, 15) is 14.4 Å². The van der Waals surface area contributed by atoms with E-state index in [2.05, 4.69) is 15.8 Å². The van der Waals surface area contributed by atoms with Crippen LogP contribution in [-0.2, 0) is 19.7 Å². The van der Waals surface area contributed by atoms with Gasteiger partial charge >= 0.3 is 5.97 Å². The van der Waals surface area contributed by atoms with Gasteiger partial charge < -0.3 is 19.9 Å². The molecule has 0 saturated heterocycles. The molecule has 1 unspecified atom stereocenters. The van der Waals surface area contributed by atoms with Crippen molar-refractivity contribution in [3.05, 3.63) is 93.8 Å². The summed E-state index contributed by atoms with van der Waals surface area (Å²) < 4.78 is 10.9. The molecule has 0 saturated carbocycles. The van der Waals surface area contributed by atoms with Crippen molar-refractivity contribution < 1.29 is 23.6 Å². The molecule has 6 rings (SSSR count). The Morgan fingerprint density at radius 1 is 1.00 bits per heavy atom. The van der Waals surface area contributed by atoms with E-state index in [0.29, 0.717) is 39.4 Å². The van der Waals surface area contributed by atoms with Crippen LogP contribution < -0.4 is 10.6 Å². The topological polar surface area (TPSA) is 111 Å². The van der Waals surface area contributed by atoms with Gasteiger partial charge in [0.25, 0.3) is 0 Å². The summed E-state index contributed by atoms with van der Waals surface area (Å²) in [5.74, 6) is -0.951. The standard InChI is InChI=1S/C26H19N3O5/c1-3-33-24(31)19-20(14-9-5-4-6-10-14)28-25(32)26(19)17-13(2)34-29-23(17)27-21-15-11-7-8-12-16(15)22(30)18(21)26/h4-12H,3H2,1-2H3,(H,27,29)(H,28,32). The van der Waals surface area contributed by atoms with E-state index in [0.717, 1.165) is 0 Å². The van der Waals surface area contributed by atoms with E-state index >= 15 is 0 Å². The second-order valence-electron chi connectivity index (χ2n) is 8.25. The van der Waals surface area contributed by atoms with Crippen molar-refractivity contribution in [1.82, 2.24) is 10.5 Å². The Bertz CT molecular complexity index is 1480. The van der Waals surface area contributed by atoms with Gasteiger partial charge in [0.1, 0.15) is 11.2 Å². The van der Waals surface area contributed by atoms with Gasteiger partial charge in [-0.25, -0.2) is 4.79 Å². The SMILES string of the molecule is CCOC(=O)C1=C(c2ccccc2)NC(=O)C12C1=C(Nc3noc(C)c32)c2ccccc2C1=O. The van der Waals surface area contributed by atoms with Crippen LogP contribution in [0.25, 0.3) is 11.4 Å². The summed E-state index contributed by atoms with van der Waals surface area (Å²) in [5.41, 5.74) is 1.20. The Hall–Kier alpha value is -4.46. The Balaban J connectivity index is 1.75. The van der Waals surface area contributed by atoms with Gasteiger partial charge in [0.05, 0.1) is 29.1 Å². The maximum atomic E-state index is 14.1. The monoisotopic (exact) mass is 453 g/mol. The van der Waals surface area contributed by atoms with Gasteiger partial charge in [-0.2, -0.15) is 0 Å². The van der Waals surface area contributed by atoms with Crippen LogP contribution in [-0.4, -0.2) is 29.4 Å². The highest BCUT2D eigenvalue weighted by molar-refractivity contribution is 6.32. The number of rotatable bonds is 3. The number of aromatic nitrogens is 1. The highest BCUT2D eigenvalue weighted by atomic mass is 16.5. The molecule has 0 radical (unpaired) electrons. The number of ether oxygens (including phenoxy) is 1. The minimum atomic E-state index is -1.78. The highest BCUT2D eigenvalue weighted by Gasteiger charge is 2.64. The lowest BCUT2D eigenvalue weighted by Gasteiger charge is -2.34. The molecule has 1 amide bonds. The van der Waals surface area contributed by atoms with Crippen LogP contribution in [0.4, 0.5) is 5.82 Å². The number of Topliss-reactive ketones (excluding diaryl/α,β-unsaturated/α-hetero) is 1. The number of nitrogens with one attached hydrogen (secondary N) is 2. The molecule has 8 nitrogen and oxygen atoms in total. The van der Waals surface area contributed by atoms with Crippen LogP contribution in [0.1, 0.15) is 39.7 Å². The van der Waals surface area contributed by atoms with Crippen LogP contribution in [0.5, 0.6) is 0 Å². The number of hydrogen-bond acceptors (Lipinski definition) is 7. The number of anilines is 1. The number of carbonyl (C=O) groups is 3. The minimum Gasteiger partial charge on any atom is -0.463 e. The lowest BCUT2D eigenvalue weighted by Crippen LogP contribution is -2.46. The Morgan fingerprint density at radius 2 is 1.71 bits per heavy atom. The Morgan fingerprint density at radius 3 is 2.44 bits per heavy atom. The van der Waals surface area contributed by atoms with Crippen LogP contribution in [0.15, 0.2) is 70.3 Å². The zero-order chi connectivity index (χ0) is 23.6. The molecule has 2 aromatic carbocycles. The van der Waals surface area contributed by atoms with Gasteiger partial charge in [0.2, 0.25) is 5.91 Å².